The minimum atomic E-state index is -3.35. The van der Waals surface area contributed by atoms with Crippen molar-refractivity contribution in [2.45, 2.75) is 44.6 Å². The maximum Gasteiger partial charge on any atom is 0.221 e. The largest absolute Gasteiger partial charge is 0.497 e. The smallest absolute Gasteiger partial charge is 0.221 e. The number of benzene rings is 1. The average Bonchev–Trinajstić information content (AvgIpc) is 3.06. The highest BCUT2D eigenvalue weighted by Crippen LogP contribution is 2.18. The van der Waals surface area contributed by atoms with Gasteiger partial charge in [0.2, 0.25) is 15.9 Å². The van der Waals surface area contributed by atoms with Crippen molar-refractivity contribution in [1.82, 2.24) is 9.62 Å². The van der Waals surface area contributed by atoms with Gasteiger partial charge in [-0.05, 0) is 37.0 Å². The first-order valence-electron chi connectivity index (χ1n) is 8.76. The molecule has 0 unspecified atom stereocenters. The molecule has 1 fully saturated rings. The first-order valence-corrected chi connectivity index (χ1v) is 10.6. The molecular weight excluding hydrogens is 340 g/mol. The summed E-state index contributed by atoms with van der Waals surface area (Å²) in [7, 11) is -1.75. The normalized spacial score (nSPS) is 15.5. The summed E-state index contributed by atoms with van der Waals surface area (Å²) in [6.07, 6.45) is 6.32. The highest BCUT2D eigenvalue weighted by atomic mass is 32.2. The van der Waals surface area contributed by atoms with Gasteiger partial charge < -0.3 is 10.1 Å². The van der Waals surface area contributed by atoms with E-state index in [1.807, 2.05) is 24.3 Å². The Morgan fingerprint density at radius 3 is 2.64 bits per heavy atom. The van der Waals surface area contributed by atoms with Crippen LogP contribution in [0.25, 0.3) is 0 Å². The third-order valence-electron chi connectivity index (χ3n) is 4.56. The fourth-order valence-electron chi connectivity index (χ4n) is 3.12. The zero-order valence-electron chi connectivity index (χ0n) is 15.0. The van der Waals surface area contributed by atoms with E-state index in [0.717, 1.165) is 37.0 Å². The molecule has 1 N–H and O–H groups in total. The van der Waals surface area contributed by atoms with Crippen LogP contribution >= 0.6 is 0 Å². The van der Waals surface area contributed by atoms with Crippen molar-refractivity contribution >= 4 is 15.9 Å². The lowest BCUT2D eigenvalue weighted by atomic mass is 10.1. The molecule has 0 saturated heterocycles. The van der Waals surface area contributed by atoms with Gasteiger partial charge in [-0.2, -0.15) is 0 Å². The van der Waals surface area contributed by atoms with Gasteiger partial charge in [0, 0.05) is 25.6 Å². The second-order valence-corrected chi connectivity index (χ2v) is 8.54. The van der Waals surface area contributed by atoms with Crippen LogP contribution in [0.3, 0.4) is 0 Å². The van der Waals surface area contributed by atoms with Crippen LogP contribution in [0.5, 0.6) is 5.75 Å². The molecule has 140 valence electrons. The summed E-state index contributed by atoms with van der Waals surface area (Å²) < 4.78 is 30.6. The Kier molecular flexibility index (Phi) is 7.25. The molecule has 0 radical (unpaired) electrons. The molecule has 1 saturated carbocycles. The first kappa shape index (κ1) is 19.7. The Balaban J connectivity index is 1.86. The Morgan fingerprint density at radius 2 is 2.00 bits per heavy atom. The molecule has 1 aliphatic rings. The van der Waals surface area contributed by atoms with E-state index in [1.165, 1.54) is 10.6 Å². The molecule has 0 bridgehead atoms. The second kappa shape index (κ2) is 9.20. The van der Waals surface area contributed by atoms with E-state index in [0.29, 0.717) is 13.0 Å². The molecule has 1 aliphatic carbocycles. The fourth-order valence-corrected chi connectivity index (χ4v) is 3.97. The number of carbonyl (C=O) groups is 1. The van der Waals surface area contributed by atoms with Crippen molar-refractivity contribution in [1.29, 1.82) is 0 Å². The van der Waals surface area contributed by atoms with Crippen LogP contribution in [0, 0.1) is 0 Å². The second-order valence-electron chi connectivity index (χ2n) is 6.56. The van der Waals surface area contributed by atoms with E-state index in [2.05, 4.69) is 5.32 Å². The molecule has 0 heterocycles. The Morgan fingerprint density at radius 1 is 1.28 bits per heavy atom. The van der Waals surface area contributed by atoms with Crippen molar-refractivity contribution in [2.75, 3.05) is 26.5 Å². The van der Waals surface area contributed by atoms with E-state index in [4.69, 9.17) is 4.74 Å². The SMILES string of the molecule is COc1cccc(CCN(CCC(=O)NC2CCCC2)S(C)(=O)=O)c1. The van der Waals surface area contributed by atoms with E-state index in [1.54, 1.807) is 7.11 Å². The molecule has 1 amide bonds. The molecule has 6 nitrogen and oxygen atoms in total. The summed E-state index contributed by atoms with van der Waals surface area (Å²) in [5.41, 5.74) is 1.00. The minimum absolute atomic E-state index is 0.0677. The number of ether oxygens (including phenoxy) is 1. The van der Waals surface area contributed by atoms with Gasteiger partial charge in [0.05, 0.1) is 13.4 Å². The Hall–Kier alpha value is -1.60. The van der Waals surface area contributed by atoms with Gasteiger partial charge in [-0.3, -0.25) is 4.79 Å². The molecule has 25 heavy (non-hydrogen) atoms. The number of nitrogens with zero attached hydrogens (tertiary/aromatic N) is 1. The number of sulfonamides is 1. The van der Waals surface area contributed by atoms with Crippen LogP contribution in [0.2, 0.25) is 0 Å². The predicted octanol–water partition coefficient (Wildman–Crippen LogP) is 1.95. The van der Waals surface area contributed by atoms with Crippen molar-refractivity contribution in [3.05, 3.63) is 29.8 Å². The molecule has 0 spiro atoms. The summed E-state index contributed by atoms with van der Waals surface area (Å²) in [6, 6.07) is 7.83. The molecule has 0 aromatic heterocycles. The topological polar surface area (TPSA) is 75.7 Å². The molecule has 0 aliphatic heterocycles. The van der Waals surface area contributed by atoms with Crippen LogP contribution < -0.4 is 10.1 Å². The Labute approximate surface area is 150 Å². The number of hydrogen-bond donors (Lipinski definition) is 1. The monoisotopic (exact) mass is 368 g/mol. The standard InChI is InChI=1S/C18H28N2O4S/c1-24-17-9-5-6-15(14-17)10-12-20(25(2,22)23)13-11-18(21)19-16-7-3-4-8-16/h5-6,9,14,16H,3-4,7-8,10-13H2,1-2H3,(H,19,21). The quantitative estimate of drug-likeness (QED) is 0.723. The third kappa shape index (κ3) is 6.66. The van der Waals surface area contributed by atoms with Crippen molar-refractivity contribution in [3.63, 3.8) is 0 Å². The predicted molar refractivity (Wildman–Crippen MR) is 98.1 cm³/mol. The molecule has 2 rings (SSSR count). The van der Waals surface area contributed by atoms with Crippen LogP contribution in [0.4, 0.5) is 0 Å². The van der Waals surface area contributed by atoms with E-state index in [9.17, 15) is 13.2 Å². The lowest BCUT2D eigenvalue weighted by Gasteiger charge is -2.20. The highest BCUT2D eigenvalue weighted by Gasteiger charge is 2.20. The third-order valence-corrected chi connectivity index (χ3v) is 5.86. The lowest BCUT2D eigenvalue weighted by molar-refractivity contribution is -0.121. The molecule has 1 aromatic carbocycles. The van der Waals surface area contributed by atoms with Crippen molar-refractivity contribution < 1.29 is 17.9 Å². The number of carbonyl (C=O) groups excluding carboxylic acids is 1. The van der Waals surface area contributed by atoms with Crippen molar-refractivity contribution in [2.24, 2.45) is 0 Å². The van der Waals surface area contributed by atoms with Gasteiger partial charge in [-0.15, -0.1) is 0 Å². The summed E-state index contributed by atoms with van der Waals surface area (Å²) in [4.78, 5) is 12.0. The van der Waals surface area contributed by atoms with Crippen LogP contribution in [0.15, 0.2) is 24.3 Å². The maximum atomic E-state index is 12.0. The Bertz CT molecular complexity index is 669. The van der Waals surface area contributed by atoms with E-state index in [-0.39, 0.29) is 24.9 Å². The minimum Gasteiger partial charge on any atom is -0.497 e. The molecule has 0 atom stereocenters. The van der Waals surface area contributed by atoms with E-state index < -0.39 is 10.0 Å². The zero-order valence-corrected chi connectivity index (χ0v) is 15.8. The van der Waals surface area contributed by atoms with Crippen LogP contribution in [0.1, 0.15) is 37.7 Å². The van der Waals surface area contributed by atoms with Crippen LogP contribution in [-0.4, -0.2) is 51.1 Å². The number of hydrogen-bond acceptors (Lipinski definition) is 4. The average molecular weight is 368 g/mol. The maximum absolute atomic E-state index is 12.0. The van der Waals surface area contributed by atoms with Gasteiger partial charge in [0.25, 0.3) is 0 Å². The van der Waals surface area contributed by atoms with Gasteiger partial charge in [0.1, 0.15) is 5.75 Å². The summed E-state index contributed by atoms with van der Waals surface area (Å²) in [5.74, 6) is 0.682. The number of rotatable bonds is 9. The molecule has 7 heteroatoms. The zero-order chi connectivity index (χ0) is 18.3. The number of methoxy groups -OCH3 is 1. The molecule has 1 aromatic rings. The summed E-state index contributed by atoms with van der Waals surface area (Å²) >= 11 is 0. The fraction of sp³-hybridized carbons (Fsp3) is 0.611. The van der Waals surface area contributed by atoms with Gasteiger partial charge in [-0.1, -0.05) is 25.0 Å². The lowest BCUT2D eigenvalue weighted by Crippen LogP contribution is -2.38. The van der Waals surface area contributed by atoms with Gasteiger partial charge in [-0.25, -0.2) is 12.7 Å². The summed E-state index contributed by atoms with van der Waals surface area (Å²) in [6.45, 7) is 0.560. The number of nitrogens with one attached hydrogen (secondary N) is 1. The number of amides is 1. The molecular formula is C18H28N2O4S. The highest BCUT2D eigenvalue weighted by molar-refractivity contribution is 7.88. The summed E-state index contributed by atoms with van der Waals surface area (Å²) in [5, 5.41) is 3.00. The van der Waals surface area contributed by atoms with Gasteiger partial charge >= 0.3 is 0 Å². The van der Waals surface area contributed by atoms with Crippen LogP contribution in [-0.2, 0) is 21.2 Å². The van der Waals surface area contributed by atoms with Gasteiger partial charge in [0.15, 0.2) is 0 Å². The van der Waals surface area contributed by atoms with E-state index >= 15 is 0 Å². The first-order chi connectivity index (χ1) is 11.9. The van der Waals surface area contributed by atoms with Crippen molar-refractivity contribution in [3.8, 4) is 5.75 Å².